The molecule has 15 heteroatoms. The van der Waals surface area contributed by atoms with Crippen LogP contribution in [0.5, 0.6) is 11.5 Å². The molecular weight excluding hydrogens is 593 g/mol. The maximum absolute atomic E-state index is 13.2. The van der Waals surface area contributed by atoms with E-state index in [0.29, 0.717) is 44.8 Å². The van der Waals surface area contributed by atoms with Crippen LogP contribution in [0.1, 0.15) is 49.4 Å². The van der Waals surface area contributed by atoms with Crippen molar-refractivity contribution in [3.63, 3.8) is 0 Å². The van der Waals surface area contributed by atoms with Gasteiger partial charge in [0, 0.05) is 36.9 Å². The van der Waals surface area contributed by atoms with Gasteiger partial charge < -0.3 is 24.4 Å². The van der Waals surface area contributed by atoms with Crippen molar-refractivity contribution in [2.45, 2.75) is 39.0 Å². The Bertz CT molecular complexity index is 1290. The smallest absolute Gasteiger partial charge is 0.347 e. The topological polar surface area (TPSA) is 147 Å². The molecule has 0 aromatic heterocycles. The molecule has 1 fully saturated rings. The summed E-state index contributed by atoms with van der Waals surface area (Å²) in [6.45, 7) is 4.25. The van der Waals surface area contributed by atoms with E-state index in [1.54, 1.807) is 24.3 Å². The third-order valence-electron chi connectivity index (χ3n) is 5.94. The number of carbonyl (C=O) groups is 3. The minimum Gasteiger partial charge on any atom is -0.426 e. The second-order valence-corrected chi connectivity index (χ2v) is 15.3. The third kappa shape index (κ3) is 10.1. The predicted molar refractivity (Wildman–Crippen MR) is 159 cm³/mol. The van der Waals surface area contributed by atoms with E-state index in [9.17, 15) is 24.5 Å². The van der Waals surface area contributed by atoms with Crippen molar-refractivity contribution in [3.8, 4) is 11.5 Å². The molecular formula is C26H32N3O9PS2. The van der Waals surface area contributed by atoms with Gasteiger partial charge in [0.1, 0.15) is 17.1 Å². The van der Waals surface area contributed by atoms with E-state index in [0.717, 1.165) is 11.7 Å². The summed E-state index contributed by atoms with van der Waals surface area (Å²) in [7, 11) is 0. The van der Waals surface area contributed by atoms with Gasteiger partial charge in [0.25, 0.3) is 5.09 Å². The fourth-order valence-electron chi connectivity index (χ4n) is 3.80. The average molecular weight is 626 g/mol. The summed E-state index contributed by atoms with van der Waals surface area (Å²) in [6.07, 6.45) is 1.73. The summed E-state index contributed by atoms with van der Waals surface area (Å²) in [5.74, 6) is -1.62. The number of thiol groups is 1. The Hall–Kier alpha value is -3.03. The molecule has 1 heterocycles. The normalized spacial score (nSPS) is 14.9. The van der Waals surface area contributed by atoms with E-state index in [1.807, 2.05) is 6.92 Å². The number of ether oxygens (including phenoxy) is 3. The van der Waals surface area contributed by atoms with Gasteiger partial charge in [-0.25, -0.2) is 4.79 Å². The van der Waals surface area contributed by atoms with Crippen LogP contribution in [0.25, 0.3) is 0 Å². The molecule has 1 aliphatic rings. The SMILES string of the molecule is CCCCC(=O)Nc1ccc(OC(=O)CCCO[N+](=O)[O-])c(C(=O)Oc2ccc(P(=S)(S)N3CCOCC3)cc2)c1. The van der Waals surface area contributed by atoms with Crippen LogP contribution < -0.4 is 20.1 Å². The largest absolute Gasteiger partial charge is 0.426 e. The van der Waals surface area contributed by atoms with Crippen LogP contribution in [-0.2, 0) is 31.0 Å². The van der Waals surface area contributed by atoms with Crippen LogP contribution >= 0.6 is 17.6 Å². The first-order valence-electron chi connectivity index (χ1n) is 13.0. The molecule has 1 aliphatic heterocycles. The lowest BCUT2D eigenvalue weighted by Crippen LogP contribution is -2.35. The Morgan fingerprint density at radius 1 is 1.10 bits per heavy atom. The van der Waals surface area contributed by atoms with E-state index in [1.165, 1.54) is 18.2 Å². The van der Waals surface area contributed by atoms with Gasteiger partial charge in [0.2, 0.25) is 5.91 Å². The molecule has 2 aromatic carbocycles. The lowest BCUT2D eigenvalue weighted by Gasteiger charge is -2.34. The van der Waals surface area contributed by atoms with Crippen molar-refractivity contribution < 1.29 is 38.5 Å². The maximum Gasteiger partial charge on any atom is 0.347 e. The van der Waals surface area contributed by atoms with Crippen LogP contribution in [0.3, 0.4) is 0 Å². The van der Waals surface area contributed by atoms with Crippen LogP contribution in [-0.4, -0.2) is 60.5 Å². The standard InChI is InChI=1S/C26H32N3O9PS2/c1-2-3-5-24(30)27-19-7-12-23(38-25(31)6-4-15-36-29(33)34)22(18-19)26(32)37-20-8-10-21(11-9-20)39(40,41)28-13-16-35-17-14-28/h7-12,18H,2-6,13-17H2,1H3,(H,27,30)(H,40,41). The number of carbonyl (C=O) groups excluding carboxylic acids is 3. The maximum atomic E-state index is 13.2. The van der Waals surface area contributed by atoms with Gasteiger partial charge in [-0.1, -0.05) is 25.2 Å². The van der Waals surface area contributed by atoms with Gasteiger partial charge in [0.05, 0.1) is 25.2 Å². The number of nitrogens with zero attached hydrogens (tertiary/aromatic N) is 2. The number of anilines is 1. The monoisotopic (exact) mass is 625 g/mol. The van der Waals surface area contributed by atoms with E-state index >= 15 is 0 Å². The fourth-order valence-corrected chi connectivity index (χ4v) is 7.17. The highest BCUT2D eigenvalue weighted by molar-refractivity contribution is 8.65. The van der Waals surface area contributed by atoms with Crippen molar-refractivity contribution >= 4 is 58.3 Å². The second kappa shape index (κ2) is 15.8. The Kier molecular flexibility index (Phi) is 12.5. The Balaban J connectivity index is 1.75. The first kappa shape index (κ1) is 32.5. The number of amides is 1. The summed E-state index contributed by atoms with van der Waals surface area (Å²) >= 11 is 10.6. The molecule has 222 valence electrons. The zero-order valence-electron chi connectivity index (χ0n) is 22.5. The molecule has 1 saturated heterocycles. The minimum absolute atomic E-state index is 0.0418. The van der Waals surface area contributed by atoms with Crippen molar-refractivity contribution in [1.82, 2.24) is 4.67 Å². The second-order valence-electron chi connectivity index (χ2n) is 8.99. The van der Waals surface area contributed by atoms with Crippen LogP contribution in [0.4, 0.5) is 5.69 Å². The Morgan fingerprint density at radius 3 is 2.46 bits per heavy atom. The van der Waals surface area contributed by atoms with E-state index in [-0.39, 0.29) is 42.4 Å². The van der Waals surface area contributed by atoms with Crippen LogP contribution in [0.2, 0.25) is 0 Å². The number of benzene rings is 2. The number of hydrogen-bond acceptors (Lipinski definition) is 10. The zero-order chi connectivity index (χ0) is 29.8. The van der Waals surface area contributed by atoms with Gasteiger partial charge in [-0.15, -0.1) is 22.4 Å². The van der Waals surface area contributed by atoms with Gasteiger partial charge in [0.15, 0.2) is 0 Å². The Labute approximate surface area is 248 Å². The summed E-state index contributed by atoms with van der Waals surface area (Å²) < 4.78 is 18.4. The lowest BCUT2D eigenvalue weighted by atomic mass is 10.1. The molecule has 0 radical (unpaired) electrons. The lowest BCUT2D eigenvalue weighted by molar-refractivity contribution is -0.757. The first-order chi connectivity index (χ1) is 19.6. The number of nitrogens with one attached hydrogen (secondary N) is 1. The van der Waals surface area contributed by atoms with Crippen LogP contribution in [0, 0.1) is 10.1 Å². The highest BCUT2D eigenvalue weighted by atomic mass is 32.9. The van der Waals surface area contributed by atoms with Gasteiger partial charge >= 0.3 is 11.9 Å². The number of unbranched alkanes of at least 4 members (excludes halogenated alkanes) is 1. The van der Waals surface area contributed by atoms with E-state index < -0.39 is 22.4 Å². The van der Waals surface area contributed by atoms with Crippen molar-refractivity contribution in [1.29, 1.82) is 0 Å². The minimum atomic E-state index is -2.31. The molecule has 3 rings (SSSR count). The van der Waals surface area contributed by atoms with Gasteiger partial charge in [-0.3, -0.25) is 14.3 Å². The molecule has 1 unspecified atom stereocenters. The molecule has 12 nitrogen and oxygen atoms in total. The summed E-state index contributed by atoms with van der Waals surface area (Å²) in [4.78, 5) is 52.3. The van der Waals surface area contributed by atoms with E-state index in [4.69, 9.17) is 38.3 Å². The predicted octanol–water partition coefficient (Wildman–Crippen LogP) is 4.13. The first-order valence-corrected chi connectivity index (χ1v) is 16.9. The summed E-state index contributed by atoms with van der Waals surface area (Å²) in [5.41, 5.74) is 0.235. The molecule has 1 N–H and O–H groups in total. The Morgan fingerprint density at radius 2 is 1.80 bits per heavy atom. The molecule has 2 aromatic rings. The highest BCUT2D eigenvalue weighted by Crippen LogP contribution is 2.53. The number of morpholine rings is 1. The molecule has 0 saturated carbocycles. The fraction of sp³-hybridized carbons (Fsp3) is 0.423. The molecule has 0 aliphatic carbocycles. The molecule has 41 heavy (non-hydrogen) atoms. The number of hydrogen-bond donors (Lipinski definition) is 2. The number of esters is 2. The molecule has 0 bridgehead atoms. The molecule has 1 amide bonds. The quantitative estimate of drug-likeness (QED) is 0.0594. The van der Waals surface area contributed by atoms with Crippen LogP contribution in [0.15, 0.2) is 42.5 Å². The summed E-state index contributed by atoms with van der Waals surface area (Å²) in [6, 6.07) is 11.0. The van der Waals surface area contributed by atoms with Gasteiger partial charge in [-0.05, 0) is 55.3 Å². The highest BCUT2D eigenvalue weighted by Gasteiger charge is 2.26. The van der Waals surface area contributed by atoms with Crippen molar-refractivity contribution in [2.24, 2.45) is 0 Å². The average Bonchev–Trinajstić information content (AvgIpc) is 2.95. The summed E-state index contributed by atoms with van der Waals surface area (Å²) in [5, 5.41) is 10.6. The zero-order valence-corrected chi connectivity index (χ0v) is 25.1. The van der Waals surface area contributed by atoms with E-state index in [2.05, 4.69) is 14.8 Å². The molecule has 1 atom stereocenters. The number of rotatable bonds is 14. The van der Waals surface area contributed by atoms with Gasteiger partial charge in [-0.2, -0.15) is 0 Å². The van der Waals surface area contributed by atoms with Crippen molar-refractivity contribution in [3.05, 3.63) is 58.1 Å². The van der Waals surface area contributed by atoms with Crippen molar-refractivity contribution in [2.75, 3.05) is 38.2 Å². The molecule has 0 spiro atoms. The third-order valence-corrected chi connectivity index (χ3v) is 10.9.